The number of oxazole rings is 1. The molecule has 1 aromatic heterocycles. The van der Waals surface area contributed by atoms with Gasteiger partial charge in [-0.25, -0.2) is 4.98 Å². The number of hydrogen-bond acceptors (Lipinski definition) is 4. The molecule has 1 N–H and O–H groups in total. The molecule has 144 valence electrons. The molecule has 1 amide bonds. The average Bonchev–Trinajstić information content (AvgIpc) is 3.28. The van der Waals surface area contributed by atoms with Crippen LogP contribution in [0.3, 0.4) is 0 Å². The lowest BCUT2D eigenvalue weighted by Gasteiger charge is -2.28. The molecule has 27 heavy (non-hydrogen) atoms. The first-order valence-electron chi connectivity index (χ1n) is 9.03. The number of carboxylic acids is 1. The Bertz CT molecular complexity index is 831. The highest BCUT2D eigenvalue weighted by Gasteiger charge is 2.48. The van der Waals surface area contributed by atoms with E-state index >= 15 is 0 Å². The summed E-state index contributed by atoms with van der Waals surface area (Å²) in [6.07, 6.45) is 2.75. The van der Waals surface area contributed by atoms with Gasteiger partial charge in [0.2, 0.25) is 5.91 Å². The number of aryl methyl sites for hydroxylation is 1. The van der Waals surface area contributed by atoms with Crippen molar-refractivity contribution < 1.29 is 19.1 Å². The lowest BCUT2D eigenvalue weighted by Crippen LogP contribution is -2.40. The van der Waals surface area contributed by atoms with Crippen molar-refractivity contribution >= 4 is 23.5 Å². The smallest absolute Gasteiger partial charge is 0.311 e. The van der Waals surface area contributed by atoms with E-state index in [4.69, 9.17) is 16.0 Å². The third-order valence-electron chi connectivity index (χ3n) is 5.42. The molecule has 0 spiro atoms. The number of aromatic nitrogens is 1. The fourth-order valence-corrected chi connectivity index (χ4v) is 3.61. The quantitative estimate of drug-likeness (QED) is 0.808. The average molecular weight is 391 g/mol. The van der Waals surface area contributed by atoms with Crippen LogP contribution in [-0.2, 0) is 16.0 Å². The molecule has 1 unspecified atom stereocenters. The number of carbonyl (C=O) groups is 2. The molecule has 1 aromatic carbocycles. The predicted molar refractivity (Wildman–Crippen MR) is 101 cm³/mol. The van der Waals surface area contributed by atoms with Gasteiger partial charge < -0.3 is 14.4 Å². The van der Waals surface area contributed by atoms with Gasteiger partial charge in [0.15, 0.2) is 11.7 Å². The number of aliphatic carboxylic acids is 1. The van der Waals surface area contributed by atoms with Crippen molar-refractivity contribution in [1.29, 1.82) is 0 Å². The van der Waals surface area contributed by atoms with Crippen LogP contribution < -0.4 is 0 Å². The number of benzene rings is 1. The summed E-state index contributed by atoms with van der Waals surface area (Å²) in [6, 6.07) is 7.25. The second-order valence-corrected chi connectivity index (χ2v) is 7.74. The molecular formula is C20H23ClN2O4. The second kappa shape index (κ2) is 7.72. The minimum absolute atomic E-state index is 0.0264. The van der Waals surface area contributed by atoms with Gasteiger partial charge in [-0.05, 0) is 36.6 Å². The highest BCUT2D eigenvalue weighted by Crippen LogP contribution is 2.38. The standard InChI is InChI=1S/C20H23ClN2O4/c1-13(2)20(19(25)26)9-10-23(12-20)18(24)8-7-17-22-11-16(27-17)14-3-5-15(21)6-4-14/h3-6,11,13H,7-10,12H2,1-2H3,(H,25,26). The first-order chi connectivity index (χ1) is 12.8. The number of nitrogens with zero attached hydrogens (tertiary/aromatic N) is 2. The van der Waals surface area contributed by atoms with E-state index < -0.39 is 11.4 Å². The SMILES string of the molecule is CC(C)C1(C(=O)O)CCN(C(=O)CCc2ncc(-c3ccc(Cl)cc3)o2)C1. The number of rotatable bonds is 6. The van der Waals surface area contributed by atoms with Crippen molar-refractivity contribution in [3.63, 3.8) is 0 Å². The summed E-state index contributed by atoms with van der Waals surface area (Å²) < 4.78 is 5.72. The maximum Gasteiger partial charge on any atom is 0.311 e. The number of amides is 1. The molecule has 0 bridgehead atoms. The Kier molecular flexibility index (Phi) is 5.56. The van der Waals surface area contributed by atoms with Crippen molar-refractivity contribution in [2.24, 2.45) is 11.3 Å². The van der Waals surface area contributed by atoms with E-state index in [0.29, 0.717) is 36.1 Å². The predicted octanol–water partition coefficient (Wildman–Crippen LogP) is 3.89. The molecule has 3 rings (SSSR count). The Balaban J connectivity index is 1.59. The van der Waals surface area contributed by atoms with Crippen molar-refractivity contribution in [1.82, 2.24) is 9.88 Å². The number of carbonyl (C=O) groups excluding carboxylic acids is 1. The van der Waals surface area contributed by atoms with E-state index in [1.165, 1.54) is 0 Å². The van der Waals surface area contributed by atoms with Gasteiger partial charge in [0.25, 0.3) is 0 Å². The normalized spacial score (nSPS) is 19.6. The number of likely N-dealkylation sites (tertiary alicyclic amines) is 1. The Labute approximate surface area is 163 Å². The first-order valence-corrected chi connectivity index (χ1v) is 9.41. The van der Waals surface area contributed by atoms with Crippen LogP contribution in [0.5, 0.6) is 0 Å². The summed E-state index contributed by atoms with van der Waals surface area (Å²) in [5.41, 5.74) is 0.0209. The minimum Gasteiger partial charge on any atom is -0.481 e. The molecule has 6 nitrogen and oxygen atoms in total. The van der Waals surface area contributed by atoms with Crippen molar-refractivity contribution in [3.05, 3.63) is 41.4 Å². The molecular weight excluding hydrogens is 368 g/mol. The fraction of sp³-hybridized carbons (Fsp3) is 0.450. The molecule has 1 atom stereocenters. The maximum atomic E-state index is 12.5. The van der Waals surface area contributed by atoms with E-state index in [1.807, 2.05) is 26.0 Å². The summed E-state index contributed by atoms with van der Waals surface area (Å²) in [6.45, 7) is 4.53. The molecule has 1 aliphatic heterocycles. The summed E-state index contributed by atoms with van der Waals surface area (Å²) in [4.78, 5) is 30.1. The first kappa shape index (κ1) is 19.4. The van der Waals surface area contributed by atoms with Crippen molar-refractivity contribution in [2.45, 2.75) is 33.1 Å². The Morgan fingerprint density at radius 1 is 1.33 bits per heavy atom. The monoisotopic (exact) mass is 390 g/mol. The zero-order valence-corrected chi connectivity index (χ0v) is 16.2. The van der Waals surface area contributed by atoms with Gasteiger partial charge in [0.05, 0.1) is 11.6 Å². The molecule has 1 saturated heterocycles. The third-order valence-corrected chi connectivity index (χ3v) is 5.67. The highest BCUT2D eigenvalue weighted by molar-refractivity contribution is 6.30. The van der Waals surface area contributed by atoms with Crippen LogP contribution in [-0.4, -0.2) is 40.0 Å². The van der Waals surface area contributed by atoms with Crippen LogP contribution in [0, 0.1) is 11.3 Å². The van der Waals surface area contributed by atoms with Crippen LogP contribution in [0.1, 0.15) is 32.6 Å². The topological polar surface area (TPSA) is 83.6 Å². The largest absolute Gasteiger partial charge is 0.481 e. The van der Waals surface area contributed by atoms with Gasteiger partial charge in [0.1, 0.15) is 0 Å². The molecule has 1 fully saturated rings. The maximum absolute atomic E-state index is 12.5. The number of hydrogen-bond donors (Lipinski definition) is 1. The highest BCUT2D eigenvalue weighted by atomic mass is 35.5. The van der Waals surface area contributed by atoms with Crippen LogP contribution in [0.15, 0.2) is 34.9 Å². The Hall–Kier alpha value is -2.34. The van der Waals surface area contributed by atoms with E-state index in [0.717, 1.165) is 5.56 Å². The molecule has 0 radical (unpaired) electrons. The van der Waals surface area contributed by atoms with Crippen LogP contribution in [0.25, 0.3) is 11.3 Å². The zero-order chi connectivity index (χ0) is 19.6. The Morgan fingerprint density at radius 2 is 2.04 bits per heavy atom. The van der Waals surface area contributed by atoms with Crippen molar-refractivity contribution in [3.8, 4) is 11.3 Å². The molecule has 2 heterocycles. The van der Waals surface area contributed by atoms with Gasteiger partial charge in [-0.3, -0.25) is 9.59 Å². The van der Waals surface area contributed by atoms with Gasteiger partial charge in [-0.1, -0.05) is 25.4 Å². The molecule has 2 aromatic rings. The minimum atomic E-state index is -0.847. The molecule has 0 saturated carbocycles. The summed E-state index contributed by atoms with van der Waals surface area (Å²) in [5.74, 6) is 0.195. The third kappa shape index (κ3) is 4.00. The van der Waals surface area contributed by atoms with E-state index in [2.05, 4.69) is 4.98 Å². The van der Waals surface area contributed by atoms with E-state index in [1.54, 1.807) is 23.2 Å². The molecule has 7 heteroatoms. The van der Waals surface area contributed by atoms with Crippen molar-refractivity contribution in [2.75, 3.05) is 13.1 Å². The summed E-state index contributed by atoms with van der Waals surface area (Å²) >= 11 is 5.89. The molecule has 1 aliphatic rings. The summed E-state index contributed by atoms with van der Waals surface area (Å²) in [5, 5.41) is 10.2. The van der Waals surface area contributed by atoms with E-state index in [9.17, 15) is 14.7 Å². The molecule has 0 aliphatic carbocycles. The van der Waals surface area contributed by atoms with Gasteiger partial charge in [0, 0.05) is 36.5 Å². The van der Waals surface area contributed by atoms with Crippen LogP contribution in [0.2, 0.25) is 5.02 Å². The zero-order valence-electron chi connectivity index (χ0n) is 15.4. The fourth-order valence-electron chi connectivity index (χ4n) is 3.48. The Morgan fingerprint density at radius 3 is 2.63 bits per heavy atom. The summed E-state index contributed by atoms with van der Waals surface area (Å²) in [7, 11) is 0. The van der Waals surface area contributed by atoms with E-state index in [-0.39, 0.29) is 24.8 Å². The van der Waals surface area contributed by atoms with Crippen LogP contribution in [0.4, 0.5) is 0 Å². The van der Waals surface area contributed by atoms with Gasteiger partial charge >= 0.3 is 5.97 Å². The van der Waals surface area contributed by atoms with Gasteiger partial charge in [-0.2, -0.15) is 0 Å². The number of carboxylic acid groups (broad SMARTS) is 1. The van der Waals surface area contributed by atoms with Gasteiger partial charge in [-0.15, -0.1) is 0 Å². The van der Waals surface area contributed by atoms with Crippen LogP contribution >= 0.6 is 11.6 Å². The second-order valence-electron chi connectivity index (χ2n) is 7.31. The number of halogens is 1. The lowest BCUT2D eigenvalue weighted by molar-refractivity contribution is -0.151. The lowest BCUT2D eigenvalue weighted by atomic mass is 9.76.